The number of carbonyl (C=O) groups excluding carboxylic acids is 1. The molecular formula is C19H19N7O3S. The number of amides is 1. The summed E-state index contributed by atoms with van der Waals surface area (Å²) in [7, 11) is -1.28. The summed E-state index contributed by atoms with van der Waals surface area (Å²) in [6.45, 7) is 0.385. The number of sulfone groups is 1. The Morgan fingerprint density at radius 2 is 2.00 bits per heavy atom. The van der Waals surface area contributed by atoms with E-state index in [-0.39, 0.29) is 30.5 Å². The van der Waals surface area contributed by atoms with Crippen molar-refractivity contribution in [1.82, 2.24) is 29.9 Å². The van der Waals surface area contributed by atoms with Crippen molar-refractivity contribution in [2.24, 2.45) is 7.05 Å². The van der Waals surface area contributed by atoms with Gasteiger partial charge < -0.3 is 10.2 Å². The molecule has 2 N–H and O–H groups in total. The number of carbonyl (C=O) groups is 1. The number of pyridine rings is 1. The lowest BCUT2D eigenvalue weighted by Gasteiger charge is -2.26. The van der Waals surface area contributed by atoms with Gasteiger partial charge in [-0.2, -0.15) is 10.2 Å². The van der Waals surface area contributed by atoms with Crippen molar-refractivity contribution in [2.75, 3.05) is 29.9 Å². The molecule has 10 nitrogen and oxygen atoms in total. The highest BCUT2D eigenvalue weighted by Crippen LogP contribution is 2.27. The lowest BCUT2D eigenvalue weighted by molar-refractivity contribution is 0.0765. The highest BCUT2D eigenvalue weighted by molar-refractivity contribution is 7.91. The van der Waals surface area contributed by atoms with E-state index in [4.69, 9.17) is 0 Å². The van der Waals surface area contributed by atoms with Gasteiger partial charge in [-0.1, -0.05) is 0 Å². The molecule has 1 aromatic carbocycles. The van der Waals surface area contributed by atoms with Crippen LogP contribution in [-0.4, -0.2) is 68.8 Å². The Kier molecular flexibility index (Phi) is 4.21. The maximum Gasteiger partial charge on any atom is 0.275 e. The van der Waals surface area contributed by atoms with Crippen molar-refractivity contribution in [3.8, 4) is 0 Å². The Balaban J connectivity index is 1.45. The van der Waals surface area contributed by atoms with E-state index in [0.717, 1.165) is 22.2 Å². The molecule has 0 saturated carbocycles. The summed E-state index contributed by atoms with van der Waals surface area (Å²) < 4.78 is 24.9. The fourth-order valence-corrected chi connectivity index (χ4v) is 4.84. The minimum atomic E-state index is -3.06. The third-order valence-electron chi connectivity index (χ3n) is 5.27. The van der Waals surface area contributed by atoms with Crippen molar-refractivity contribution in [1.29, 1.82) is 0 Å². The number of benzene rings is 1. The van der Waals surface area contributed by atoms with Crippen LogP contribution < -0.4 is 5.32 Å². The molecule has 4 heterocycles. The number of nitrogens with zero attached hydrogens (tertiary/aromatic N) is 5. The molecule has 0 radical (unpaired) electrons. The SMILES string of the molecule is Cn1nc(C(=O)N2CCS(=O)(=O)CC2)c2ccc(Nc3n[nH]c4cccnc34)cc21. The lowest BCUT2D eigenvalue weighted by atomic mass is 10.1. The third kappa shape index (κ3) is 3.16. The van der Waals surface area contributed by atoms with E-state index in [1.54, 1.807) is 22.8 Å². The zero-order valence-corrected chi connectivity index (χ0v) is 17.0. The molecule has 1 aliphatic heterocycles. The number of anilines is 2. The van der Waals surface area contributed by atoms with E-state index in [0.29, 0.717) is 16.9 Å². The minimum Gasteiger partial charge on any atom is -0.337 e. The number of rotatable bonds is 3. The average molecular weight is 425 g/mol. The number of aromatic amines is 1. The zero-order valence-electron chi connectivity index (χ0n) is 16.2. The molecule has 0 unspecified atom stereocenters. The topological polar surface area (TPSA) is 126 Å². The molecule has 0 aliphatic carbocycles. The number of aryl methyl sites for hydroxylation is 1. The number of hydrogen-bond acceptors (Lipinski definition) is 7. The highest BCUT2D eigenvalue weighted by Gasteiger charge is 2.28. The molecule has 1 aliphatic rings. The summed E-state index contributed by atoms with van der Waals surface area (Å²) >= 11 is 0. The molecule has 5 rings (SSSR count). The molecule has 1 saturated heterocycles. The summed E-state index contributed by atoms with van der Waals surface area (Å²) in [6.07, 6.45) is 1.71. The predicted molar refractivity (Wildman–Crippen MR) is 112 cm³/mol. The predicted octanol–water partition coefficient (Wildman–Crippen LogP) is 1.46. The monoisotopic (exact) mass is 425 g/mol. The largest absolute Gasteiger partial charge is 0.337 e. The van der Waals surface area contributed by atoms with Crippen LogP contribution in [0.2, 0.25) is 0 Å². The highest BCUT2D eigenvalue weighted by atomic mass is 32.2. The Labute approximate surface area is 171 Å². The standard InChI is InChI=1S/C19H19N7O3S/c1-25-15-11-12(21-18-17-14(22-23-18)3-2-6-20-17)4-5-13(15)16(24-25)19(27)26-7-9-30(28,29)10-8-26/h2-6,11H,7-10H2,1H3,(H2,21,22,23). The van der Waals surface area contributed by atoms with Gasteiger partial charge in [-0.15, -0.1) is 0 Å². The summed E-state index contributed by atoms with van der Waals surface area (Å²) in [6, 6.07) is 9.31. The first-order chi connectivity index (χ1) is 14.4. The van der Waals surface area contributed by atoms with Crippen LogP contribution in [0.15, 0.2) is 36.5 Å². The quantitative estimate of drug-likeness (QED) is 0.509. The number of hydrogen-bond donors (Lipinski definition) is 2. The number of nitrogens with one attached hydrogen (secondary N) is 2. The summed E-state index contributed by atoms with van der Waals surface area (Å²) in [4.78, 5) is 18.8. The Morgan fingerprint density at radius 3 is 2.80 bits per heavy atom. The second kappa shape index (κ2) is 6.80. The van der Waals surface area contributed by atoms with Crippen molar-refractivity contribution in [3.05, 3.63) is 42.2 Å². The first-order valence-corrected chi connectivity index (χ1v) is 11.3. The van der Waals surface area contributed by atoms with Crippen molar-refractivity contribution in [3.63, 3.8) is 0 Å². The molecule has 0 atom stereocenters. The van der Waals surface area contributed by atoms with Crippen LogP contribution in [0.1, 0.15) is 10.5 Å². The zero-order chi connectivity index (χ0) is 20.9. The molecule has 1 amide bonds. The molecule has 30 heavy (non-hydrogen) atoms. The molecule has 4 aromatic rings. The van der Waals surface area contributed by atoms with Crippen LogP contribution in [0, 0.1) is 0 Å². The van der Waals surface area contributed by atoms with Crippen molar-refractivity contribution < 1.29 is 13.2 Å². The summed E-state index contributed by atoms with van der Waals surface area (Å²) in [5.41, 5.74) is 3.45. The van der Waals surface area contributed by atoms with Gasteiger partial charge in [0, 0.05) is 37.4 Å². The third-order valence-corrected chi connectivity index (χ3v) is 6.88. The Bertz CT molecular complexity index is 1380. The van der Waals surface area contributed by atoms with Crippen molar-refractivity contribution >= 4 is 49.2 Å². The van der Waals surface area contributed by atoms with Gasteiger partial charge in [0.25, 0.3) is 5.91 Å². The van der Waals surface area contributed by atoms with Crippen LogP contribution >= 0.6 is 0 Å². The second-order valence-electron chi connectivity index (χ2n) is 7.24. The first kappa shape index (κ1) is 18.6. The van der Waals surface area contributed by atoms with Gasteiger partial charge in [0.2, 0.25) is 0 Å². The van der Waals surface area contributed by atoms with E-state index in [2.05, 4.69) is 25.6 Å². The normalized spacial score (nSPS) is 16.2. The molecule has 0 bridgehead atoms. The van der Waals surface area contributed by atoms with Gasteiger partial charge in [-0.25, -0.2) is 8.42 Å². The van der Waals surface area contributed by atoms with E-state index < -0.39 is 9.84 Å². The number of fused-ring (bicyclic) bond motifs is 2. The van der Waals surface area contributed by atoms with Gasteiger partial charge in [0.15, 0.2) is 21.3 Å². The van der Waals surface area contributed by atoms with Crippen molar-refractivity contribution in [2.45, 2.75) is 0 Å². The van der Waals surface area contributed by atoms with Gasteiger partial charge >= 0.3 is 0 Å². The van der Waals surface area contributed by atoms with E-state index in [1.807, 2.05) is 30.3 Å². The van der Waals surface area contributed by atoms with E-state index >= 15 is 0 Å². The fourth-order valence-electron chi connectivity index (χ4n) is 3.64. The smallest absolute Gasteiger partial charge is 0.275 e. The minimum absolute atomic E-state index is 0.0107. The molecule has 3 aromatic heterocycles. The lowest BCUT2D eigenvalue weighted by Crippen LogP contribution is -2.43. The Morgan fingerprint density at radius 1 is 1.20 bits per heavy atom. The molecule has 154 valence electrons. The number of aromatic nitrogens is 5. The molecule has 1 fully saturated rings. The maximum absolute atomic E-state index is 12.9. The average Bonchev–Trinajstić information content (AvgIpc) is 3.29. The van der Waals surface area contributed by atoms with Gasteiger partial charge in [0.05, 0.1) is 22.5 Å². The molecular weight excluding hydrogens is 406 g/mol. The van der Waals surface area contributed by atoms with Gasteiger partial charge in [-0.05, 0) is 30.3 Å². The van der Waals surface area contributed by atoms with E-state index in [1.165, 1.54) is 0 Å². The first-order valence-electron chi connectivity index (χ1n) is 9.44. The van der Waals surface area contributed by atoms with Crippen LogP contribution in [0.25, 0.3) is 21.9 Å². The summed E-state index contributed by atoms with van der Waals surface area (Å²) in [5.74, 6) is 0.337. The summed E-state index contributed by atoms with van der Waals surface area (Å²) in [5, 5.41) is 15.6. The molecule has 11 heteroatoms. The second-order valence-corrected chi connectivity index (χ2v) is 9.55. The van der Waals surface area contributed by atoms with Gasteiger partial charge in [-0.3, -0.25) is 19.6 Å². The van der Waals surface area contributed by atoms with Crippen LogP contribution in [0.5, 0.6) is 0 Å². The Hall–Kier alpha value is -3.47. The van der Waals surface area contributed by atoms with Crippen LogP contribution in [0.3, 0.4) is 0 Å². The number of H-pyrrole nitrogens is 1. The van der Waals surface area contributed by atoms with Crippen LogP contribution in [-0.2, 0) is 16.9 Å². The van der Waals surface area contributed by atoms with E-state index in [9.17, 15) is 13.2 Å². The molecule has 0 spiro atoms. The van der Waals surface area contributed by atoms with Gasteiger partial charge in [0.1, 0.15) is 5.52 Å². The maximum atomic E-state index is 12.9. The van der Waals surface area contributed by atoms with Crippen LogP contribution in [0.4, 0.5) is 11.5 Å². The fraction of sp³-hybridized carbons (Fsp3) is 0.263.